The van der Waals surface area contributed by atoms with E-state index >= 15 is 0 Å². The zero-order valence-electron chi connectivity index (χ0n) is 18.4. The summed E-state index contributed by atoms with van der Waals surface area (Å²) in [6.07, 6.45) is 3.60. The fourth-order valence-corrected chi connectivity index (χ4v) is 4.63. The SMILES string of the molecule is Cc1c(C(O)CN2CCCCC2)c2nc(CCC(N)=O)ccc2n1-c1ccc(C#N)cc1. The molecule has 7 nitrogen and oxygen atoms in total. The predicted molar refractivity (Wildman–Crippen MR) is 123 cm³/mol. The van der Waals surface area contributed by atoms with Gasteiger partial charge in [0, 0.05) is 35.6 Å². The lowest BCUT2D eigenvalue weighted by Crippen LogP contribution is -2.33. The highest BCUT2D eigenvalue weighted by Crippen LogP contribution is 2.33. The molecule has 3 N–H and O–H groups in total. The number of β-amino-alcohol motifs (C(OH)–C–C–N with tert-alkyl or cyclic N) is 1. The van der Waals surface area contributed by atoms with Gasteiger partial charge in [0.25, 0.3) is 0 Å². The summed E-state index contributed by atoms with van der Waals surface area (Å²) in [4.78, 5) is 18.4. The summed E-state index contributed by atoms with van der Waals surface area (Å²) < 4.78 is 2.08. The first kappa shape index (κ1) is 22.0. The molecule has 1 aliphatic heterocycles. The third-order valence-electron chi connectivity index (χ3n) is 6.25. The first-order valence-corrected chi connectivity index (χ1v) is 11.2. The van der Waals surface area contributed by atoms with Crippen molar-refractivity contribution in [1.82, 2.24) is 14.5 Å². The van der Waals surface area contributed by atoms with E-state index in [0.29, 0.717) is 18.5 Å². The Morgan fingerprint density at radius 3 is 2.56 bits per heavy atom. The van der Waals surface area contributed by atoms with Gasteiger partial charge in [-0.15, -0.1) is 0 Å². The predicted octanol–water partition coefficient (Wildman–Crippen LogP) is 3.14. The van der Waals surface area contributed by atoms with Crippen molar-refractivity contribution < 1.29 is 9.90 Å². The number of pyridine rings is 1. The van der Waals surface area contributed by atoms with E-state index in [-0.39, 0.29) is 12.3 Å². The second kappa shape index (κ2) is 9.51. The Morgan fingerprint density at radius 1 is 1.19 bits per heavy atom. The molecule has 2 aromatic heterocycles. The minimum atomic E-state index is -0.672. The number of nitriles is 1. The number of carbonyl (C=O) groups excluding carboxylic acids is 1. The van der Waals surface area contributed by atoms with Gasteiger partial charge in [0.1, 0.15) is 0 Å². The molecule has 0 aliphatic carbocycles. The molecule has 0 bridgehead atoms. The van der Waals surface area contributed by atoms with Crippen molar-refractivity contribution in [3.05, 3.63) is 58.9 Å². The highest BCUT2D eigenvalue weighted by molar-refractivity contribution is 5.84. The number of hydrogen-bond donors (Lipinski definition) is 2. The lowest BCUT2D eigenvalue weighted by Gasteiger charge is -2.28. The van der Waals surface area contributed by atoms with Gasteiger partial charge < -0.3 is 20.3 Å². The first-order chi connectivity index (χ1) is 15.5. The van der Waals surface area contributed by atoms with Crippen LogP contribution in [0.2, 0.25) is 0 Å². The molecule has 32 heavy (non-hydrogen) atoms. The number of aryl methyl sites for hydroxylation is 1. The van der Waals surface area contributed by atoms with Crippen molar-refractivity contribution >= 4 is 16.9 Å². The average Bonchev–Trinajstić information content (AvgIpc) is 3.09. The van der Waals surface area contributed by atoms with Crippen molar-refractivity contribution in [2.45, 2.75) is 45.1 Å². The van der Waals surface area contributed by atoms with Crippen LogP contribution in [0.3, 0.4) is 0 Å². The quantitative estimate of drug-likeness (QED) is 0.597. The van der Waals surface area contributed by atoms with E-state index in [2.05, 4.69) is 15.5 Å². The number of primary amides is 1. The molecule has 1 unspecified atom stereocenters. The fraction of sp³-hybridized carbons (Fsp3) is 0.400. The van der Waals surface area contributed by atoms with E-state index in [1.54, 1.807) is 12.1 Å². The number of nitrogens with two attached hydrogens (primary N) is 1. The number of aromatic nitrogens is 2. The summed E-state index contributed by atoms with van der Waals surface area (Å²) in [5.41, 5.74) is 11.0. The van der Waals surface area contributed by atoms with Crippen LogP contribution in [0.15, 0.2) is 36.4 Å². The largest absolute Gasteiger partial charge is 0.387 e. The van der Waals surface area contributed by atoms with Crippen LogP contribution in [0.4, 0.5) is 0 Å². The van der Waals surface area contributed by atoms with Crippen LogP contribution < -0.4 is 5.73 Å². The summed E-state index contributed by atoms with van der Waals surface area (Å²) in [7, 11) is 0. The summed E-state index contributed by atoms with van der Waals surface area (Å²) in [6.45, 7) is 4.57. The highest BCUT2D eigenvalue weighted by atomic mass is 16.3. The smallest absolute Gasteiger partial charge is 0.217 e. The second-order valence-corrected chi connectivity index (χ2v) is 8.51. The molecule has 1 aliphatic rings. The van der Waals surface area contributed by atoms with Gasteiger partial charge in [0.2, 0.25) is 5.91 Å². The zero-order valence-corrected chi connectivity index (χ0v) is 18.4. The molecule has 1 atom stereocenters. The molecule has 1 fully saturated rings. The molecule has 0 radical (unpaired) electrons. The maximum atomic E-state index is 11.3. The van der Waals surface area contributed by atoms with Crippen LogP contribution >= 0.6 is 0 Å². The molecule has 3 aromatic rings. The monoisotopic (exact) mass is 431 g/mol. The Balaban J connectivity index is 1.79. The second-order valence-electron chi connectivity index (χ2n) is 8.51. The third-order valence-corrected chi connectivity index (χ3v) is 6.25. The normalized spacial score (nSPS) is 15.5. The Labute approximate surface area is 188 Å². The number of benzene rings is 1. The topological polar surface area (TPSA) is 108 Å². The van der Waals surface area contributed by atoms with Gasteiger partial charge in [-0.25, -0.2) is 0 Å². The maximum Gasteiger partial charge on any atom is 0.217 e. The Bertz CT molecular complexity index is 1150. The van der Waals surface area contributed by atoms with Crippen LogP contribution in [0, 0.1) is 18.3 Å². The van der Waals surface area contributed by atoms with Gasteiger partial charge in [0.15, 0.2) is 0 Å². The van der Waals surface area contributed by atoms with Crippen molar-refractivity contribution in [1.29, 1.82) is 5.26 Å². The zero-order chi connectivity index (χ0) is 22.7. The number of nitrogens with zero attached hydrogens (tertiary/aromatic N) is 4. The van der Waals surface area contributed by atoms with Crippen LogP contribution in [-0.4, -0.2) is 45.1 Å². The molecule has 3 heterocycles. The van der Waals surface area contributed by atoms with E-state index in [9.17, 15) is 9.90 Å². The van der Waals surface area contributed by atoms with Crippen LogP contribution in [0.1, 0.15) is 54.3 Å². The van der Waals surface area contributed by atoms with E-state index < -0.39 is 6.10 Å². The lowest BCUT2D eigenvalue weighted by molar-refractivity contribution is -0.118. The number of carbonyl (C=O) groups is 1. The van der Waals surface area contributed by atoms with Crippen molar-refractivity contribution in [3.8, 4) is 11.8 Å². The van der Waals surface area contributed by atoms with E-state index in [1.165, 1.54) is 6.42 Å². The molecular weight excluding hydrogens is 402 g/mol. The number of aliphatic hydroxyl groups is 1. The molecule has 7 heteroatoms. The molecular formula is C25H29N5O2. The number of piperidine rings is 1. The summed E-state index contributed by atoms with van der Waals surface area (Å²) in [6, 6.07) is 13.4. The summed E-state index contributed by atoms with van der Waals surface area (Å²) >= 11 is 0. The Kier molecular flexibility index (Phi) is 6.54. The van der Waals surface area contributed by atoms with Gasteiger partial charge in [0.05, 0.1) is 28.8 Å². The highest BCUT2D eigenvalue weighted by Gasteiger charge is 2.25. The number of amides is 1. The number of hydrogen-bond acceptors (Lipinski definition) is 5. The van der Waals surface area contributed by atoms with Gasteiger partial charge in [-0.05, 0) is 75.7 Å². The molecule has 1 amide bonds. The minimum Gasteiger partial charge on any atom is -0.387 e. The molecule has 166 valence electrons. The van der Waals surface area contributed by atoms with Gasteiger partial charge in [-0.3, -0.25) is 9.78 Å². The van der Waals surface area contributed by atoms with Crippen LogP contribution in [-0.2, 0) is 11.2 Å². The number of aliphatic hydroxyl groups excluding tert-OH is 1. The first-order valence-electron chi connectivity index (χ1n) is 11.2. The molecule has 0 spiro atoms. The number of rotatable bonds is 7. The minimum absolute atomic E-state index is 0.236. The van der Waals surface area contributed by atoms with Gasteiger partial charge in [-0.2, -0.15) is 5.26 Å². The van der Waals surface area contributed by atoms with Crippen LogP contribution in [0.5, 0.6) is 0 Å². The van der Waals surface area contributed by atoms with Gasteiger partial charge >= 0.3 is 0 Å². The van der Waals surface area contributed by atoms with Crippen LogP contribution in [0.25, 0.3) is 16.7 Å². The fourth-order valence-electron chi connectivity index (χ4n) is 4.63. The third kappa shape index (κ3) is 4.52. The number of fused-ring (bicyclic) bond motifs is 1. The lowest BCUT2D eigenvalue weighted by atomic mass is 10.1. The van der Waals surface area contributed by atoms with E-state index in [0.717, 1.165) is 59.6 Å². The Hall–Kier alpha value is -3.21. The van der Waals surface area contributed by atoms with E-state index in [1.807, 2.05) is 31.2 Å². The maximum absolute atomic E-state index is 11.3. The average molecular weight is 432 g/mol. The molecule has 0 saturated carbocycles. The molecule has 1 saturated heterocycles. The van der Waals surface area contributed by atoms with Crippen molar-refractivity contribution in [3.63, 3.8) is 0 Å². The standard InChI is InChI=1S/C25H29N5O2/c1-17-24(22(31)16-29-13-3-2-4-14-29)25-21(11-7-19(28-25)8-12-23(27)32)30(17)20-9-5-18(15-26)6-10-20/h5-7,9-11,22,31H,2-4,8,12-14,16H2,1H3,(H2,27,32). The summed E-state index contributed by atoms with van der Waals surface area (Å²) in [5.74, 6) is -0.358. The molecule has 4 rings (SSSR count). The van der Waals surface area contributed by atoms with Gasteiger partial charge in [-0.1, -0.05) is 6.42 Å². The van der Waals surface area contributed by atoms with E-state index in [4.69, 9.17) is 16.0 Å². The number of likely N-dealkylation sites (tertiary alicyclic amines) is 1. The molecule has 1 aromatic carbocycles. The van der Waals surface area contributed by atoms with Crippen molar-refractivity contribution in [2.75, 3.05) is 19.6 Å². The summed E-state index contributed by atoms with van der Waals surface area (Å²) in [5, 5.41) is 20.4. The Morgan fingerprint density at radius 2 is 1.91 bits per heavy atom. The van der Waals surface area contributed by atoms with Crippen molar-refractivity contribution in [2.24, 2.45) is 5.73 Å².